The van der Waals surface area contributed by atoms with Gasteiger partial charge < -0.3 is 10.2 Å². The Kier molecular flexibility index (Phi) is 10.3. The molecule has 1 atom stereocenters. The molecule has 3 rings (SSSR count). The fourth-order valence-electron chi connectivity index (χ4n) is 4.43. The monoisotopic (exact) mass is 613 g/mol. The lowest BCUT2D eigenvalue weighted by Gasteiger charge is -2.34. The van der Waals surface area contributed by atoms with Crippen molar-refractivity contribution in [3.05, 3.63) is 99.5 Å². The average Bonchev–Trinajstić information content (AvgIpc) is 2.84. The highest BCUT2D eigenvalue weighted by Gasteiger charge is 2.33. The second-order valence-corrected chi connectivity index (χ2v) is 13.0. The number of carbonyl (C=O) groups excluding carboxylic acids is 2. The topological polar surface area (TPSA) is 86.8 Å². The molecule has 0 bridgehead atoms. The molecule has 2 amide bonds. The number of nitrogens with one attached hydrogen (secondary N) is 1. The Bertz CT molecular complexity index is 1370. The SMILES string of the molecule is Cc1cc(C)cc(N(CC(=O)N(Cc2ccc(Br)cc2)[C@@H](Cc2ccccc2)C(=O)NC(C)C)S(C)(=O)=O)c1. The Morgan fingerprint density at radius 2 is 1.49 bits per heavy atom. The van der Waals surface area contributed by atoms with E-state index in [0.29, 0.717) is 5.69 Å². The second-order valence-electron chi connectivity index (χ2n) is 10.1. The average molecular weight is 615 g/mol. The molecule has 0 aliphatic heterocycles. The maximum atomic E-state index is 14.1. The highest BCUT2D eigenvalue weighted by atomic mass is 79.9. The highest BCUT2D eigenvalue weighted by Crippen LogP contribution is 2.23. The van der Waals surface area contributed by atoms with Gasteiger partial charge in [-0.2, -0.15) is 0 Å². The van der Waals surface area contributed by atoms with Crippen LogP contribution in [-0.4, -0.2) is 50.0 Å². The third-order valence-corrected chi connectivity index (χ3v) is 7.81. The molecule has 3 aromatic carbocycles. The Balaban J connectivity index is 2.06. The molecule has 0 aromatic heterocycles. The predicted molar refractivity (Wildman–Crippen MR) is 160 cm³/mol. The first-order valence-corrected chi connectivity index (χ1v) is 15.4. The minimum atomic E-state index is -3.80. The number of halogens is 1. The molecule has 208 valence electrons. The molecular formula is C30H36BrN3O4S. The molecule has 0 aliphatic carbocycles. The highest BCUT2D eigenvalue weighted by molar-refractivity contribution is 9.10. The number of nitrogens with zero attached hydrogens (tertiary/aromatic N) is 2. The van der Waals surface area contributed by atoms with Gasteiger partial charge >= 0.3 is 0 Å². The molecule has 0 saturated heterocycles. The smallest absolute Gasteiger partial charge is 0.244 e. The quantitative estimate of drug-likeness (QED) is 0.330. The minimum absolute atomic E-state index is 0.136. The molecule has 39 heavy (non-hydrogen) atoms. The summed E-state index contributed by atoms with van der Waals surface area (Å²) in [5.41, 5.74) is 3.90. The predicted octanol–water partition coefficient (Wildman–Crippen LogP) is 5.00. The van der Waals surface area contributed by atoms with Gasteiger partial charge in [-0.15, -0.1) is 0 Å². The van der Waals surface area contributed by atoms with Gasteiger partial charge in [0.2, 0.25) is 21.8 Å². The van der Waals surface area contributed by atoms with Crippen LogP contribution in [-0.2, 0) is 32.6 Å². The van der Waals surface area contributed by atoms with Crippen molar-refractivity contribution >= 4 is 43.5 Å². The summed E-state index contributed by atoms with van der Waals surface area (Å²) < 4.78 is 27.8. The van der Waals surface area contributed by atoms with E-state index in [1.165, 1.54) is 4.90 Å². The van der Waals surface area contributed by atoms with Gasteiger partial charge in [0.05, 0.1) is 11.9 Å². The summed E-state index contributed by atoms with van der Waals surface area (Å²) >= 11 is 3.44. The third kappa shape index (κ3) is 8.93. The summed E-state index contributed by atoms with van der Waals surface area (Å²) in [4.78, 5) is 29.1. The largest absolute Gasteiger partial charge is 0.352 e. The first-order chi connectivity index (χ1) is 18.3. The lowest BCUT2D eigenvalue weighted by molar-refractivity contribution is -0.140. The van der Waals surface area contributed by atoms with Crippen LogP contribution in [0.3, 0.4) is 0 Å². The molecule has 7 nitrogen and oxygen atoms in total. The molecule has 0 radical (unpaired) electrons. The molecule has 0 fully saturated rings. The first kappa shape index (κ1) is 30.4. The van der Waals surface area contributed by atoms with Crippen molar-refractivity contribution in [2.24, 2.45) is 0 Å². The first-order valence-electron chi connectivity index (χ1n) is 12.8. The van der Waals surface area contributed by atoms with Gasteiger partial charge in [-0.3, -0.25) is 13.9 Å². The van der Waals surface area contributed by atoms with E-state index in [1.54, 1.807) is 12.1 Å². The zero-order valence-corrected chi connectivity index (χ0v) is 25.4. The fourth-order valence-corrected chi connectivity index (χ4v) is 5.53. The maximum Gasteiger partial charge on any atom is 0.244 e. The molecule has 0 saturated carbocycles. The van der Waals surface area contributed by atoms with Gasteiger partial charge in [0, 0.05) is 23.5 Å². The molecular weight excluding hydrogens is 578 g/mol. The van der Waals surface area contributed by atoms with Crippen LogP contribution in [0, 0.1) is 13.8 Å². The molecule has 9 heteroatoms. The van der Waals surface area contributed by atoms with Crippen molar-refractivity contribution < 1.29 is 18.0 Å². The number of sulfonamides is 1. The standard InChI is InChI=1S/C30H36BrN3O4S/c1-21(2)32-30(36)28(18-24-9-7-6-8-10-24)33(19-25-11-13-26(31)14-12-25)29(35)20-34(39(5,37)38)27-16-22(3)15-23(4)17-27/h6-17,21,28H,18-20H2,1-5H3,(H,32,36)/t28-/m0/s1. The van der Waals surface area contributed by atoms with Crippen molar-refractivity contribution in [2.75, 3.05) is 17.1 Å². The molecule has 1 N–H and O–H groups in total. The van der Waals surface area contributed by atoms with Crippen LogP contribution in [0.5, 0.6) is 0 Å². The summed E-state index contributed by atoms with van der Waals surface area (Å²) in [6.07, 6.45) is 1.37. The van der Waals surface area contributed by atoms with Crippen LogP contribution in [0.2, 0.25) is 0 Å². The molecule has 0 spiro atoms. The van der Waals surface area contributed by atoms with Gasteiger partial charge in [-0.1, -0.05) is 64.5 Å². The summed E-state index contributed by atoms with van der Waals surface area (Å²) in [6, 6.07) is 21.4. The molecule has 0 unspecified atom stereocenters. The third-order valence-electron chi connectivity index (χ3n) is 6.14. The number of amides is 2. The minimum Gasteiger partial charge on any atom is -0.352 e. The van der Waals surface area contributed by atoms with Crippen molar-refractivity contribution in [3.8, 4) is 0 Å². The van der Waals surface area contributed by atoms with Crippen LogP contribution >= 0.6 is 15.9 Å². The summed E-state index contributed by atoms with van der Waals surface area (Å²) in [7, 11) is -3.80. The molecule has 0 heterocycles. The second kappa shape index (κ2) is 13.3. The number of carbonyl (C=O) groups is 2. The van der Waals surface area contributed by atoms with Crippen LogP contribution < -0.4 is 9.62 Å². The van der Waals surface area contributed by atoms with Crippen molar-refractivity contribution in [2.45, 2.75) is 52.7 Å². The Morgan fingerprint density at radius 3 is 2.03 bits per heavy atom. The Morgan fingerprint density at radius 1 is 0.897 bits per heavy atom. The number of aryl methyl sites for hydroxylation is 2. The summed E-state index contributed by atoms with van der Waals surface area (Å²) in [5.74, 6) is -0.765. The number of benzene rings is 3. The van der Waals surface area contributed by atoms with Gasteiger partial charge in [0.15, 0.2) is 0 Å². The van der Waals surface area contributed by atoms with Gasteiger partial charge in [-0.25, -0.2) is 8.42 Å². The zero-order chi connectivity index (χ0) is 28.7. The number of hydrogen-bond acceptors (Lipinski definition) is 4. The van der Waals surface area contributed by atoms with Gasteiger partial charge in [0.1, 0.15) is 12.6 Å². The Hall–Kier alpha value is -3.17. The van der Waals surface area contributed by atoms with Crippen LogP contribution in [0.1, 0.15) is 36.1 Å². The van der Waals surface area contributed by atoms with Gasteiger partial charge in [-0.05, 0) is 74.2 Å². The van der Waals surface area contributed by atoms with Crippen molar-refractivity contribution in [3.63, 3.8) is 0 Å². The van der Waals surface area contributed by atoms with E-state index in [1.807, 2.05) is 88.4 Å². The van der Waals surface area contributed by atoms with E-state index in [0.717, 1.165) is 37.3 Å². The van der Waals surface area contributed by atoms with Crippen LogP contribution in [0.4, 0.5) is 5.69 Å². The normalized spacial score (nSPS) is 12.2. The van der Waals surface area contributed by atoms with Gasteiger partial charge in [0.25, 0.3) is 0 Å². The fraction of sp³-hybridized carbons (Fsp3) is 0.333. The van der Waals surface area contributed by atoms with E-state index in [9.17, 15) is 18.0 Å². The number of anilines is 1. The van der Waals surface area contributed by atoms with E-state index in [4.69, 9.17) is 0 Å². The van der Waals surface area contributed by atoms with Crippen molar-refractivity contribution in [1.82, 2.24) is 10.2 Å². The maximum absolute atomic E-state index is 14.1. The lowest BCUT2D eigenvalue weighted by Crippen LogP contribution is -2.54. The zero-order valence-electron chi connectivity index (χ0n) is 23.0. The van der Waals surface area contributed by atoms with E-state index >= 15 is 0 Å². The lowest BCUT2D eigenvalue weighted by atomic mass is 10.0. The van der Waals surface area contributed by atoms with Crippen molar-refractivity contribution in [1.29, 1.82) is 0 Å². The number of hydrogen-bond donors (Lipinski definition) is 1. The molecule has 3 aromatic rings. The summed E-state index contributed by atoms with van der Waals surface area (Å²) in [5, 5.41) is 2.95. The number of rotatable bonds is 11. The van der Waals surface area contributed by atoms with E-state index in [-0.39, 0.29) is 24.9 Å². The van der Waals surface area contributed by atoms with E-state index in [2.05, 4.69) is 21.2 Å². The van der Waals surface area contributed by atoms with E-state index < -0.39 is 28.5 Å². The van der Waals surface area contributed by atoms with Crippen LogP contribution in [0.15, 0.2) is 77.3 Å². The summed E-state index contributed by atoms with van der Waals surface area (Å²) in [6.45, 7) is 7.20. The Labute approximate surface area is 240 Å². The molecule has 0 aliphatic rings. The van der Waals surface area contributed by atoms with Crippen LogP contribution in [0.25, 0.3) is 0 Å².